The van der Waals surface area contributed by atoms with Crippen LogP contribution in [0.25, 0.3) is 0 Å². The number of allylic oxidation sites excluding steroid dienone is 1. The first-order valence-electron chi connectivity index (χ1n) is 9.64. The fourth-order valence-electron chi connectivity index (χ4n) is 3.71. The molecular weight excluding hydrogens is 304 g/mol. The van der Waals surface area contributed by atoms with Gasteiger partial charge in [0, 0.05) is 18.4 Å². The van der Waals surface area contributed by atoms with Crippen LogP contribution in [0.5, 0.6) is 0 Å². The number of rotatable bonds is 13. The Balaban J connectivity index is 2.24. The molecule has 138 valence electrons. The molecular formula is C20H34O4. The zero-order chi connectivity index (χ0) is 17.8. The van der Waals surface area contributed by atoms with Crippen molar-refractivity contribution in [3.8, 4) is 0 Å². The zero-order valence-corrected chi connectivity index (χ0v) is 15.1. The number of carbonyl (C=O) groups excluding carboxylic acids is 1. The Morgan fingerprint density at radius 3 is 2.71 bits per heavy atom. The molecule has 0 heterocycles. The molecule has 0 saturated heterocycles. The Labute approximate surface area is 146 Å². The van der Waals surface area contributed by atoms with Crippen molar-refractivity contribution < 1.29 is 19.8 Å². The van der Waals surface area contributed by atoms with Gasteiger partial charge in [0.15, 0.2) is 0 Å². The molecule has 1 fully saturated rings. The highest BCUT2D eigenvalue weighted by atomic mass is 16.4. The van der Waals surface area contributed by atoms with Crippen molar-refractivity contribution in [2.45, 2.75) is 90.1 Å². The van der Waals surface area contributed by atoms with Crippen molar-refractivity contribution >= 4 is 11.8 Å². The first kappa shape index (κ1) is 20.9. The summed E-state index contributed by atoms with van der Waals surface area (Å²) < 4.78 is 0. The van der Waals surface area contributed by atoms with E-state index in [-0.39, 0.29) is 12.0 Å². The number of carboxylic acid groups (broad SMARTS) is 1. The minimum atomic E-state index is -0.904. The van der Waals surface area contributed by atoms with Crippen LogP contribution in [-0.4, -0.2) is 28.1 Å². The molecule has 1 saturated carbocycles. The minimum Gasteiger partial charge on any atom is -0.478 e. The van der Waals surface area contributed by atoms with Gasteiger partial charge in [-0.15, -0.1) is 0 Å². The molecule has 0 amide bonds. The number of aliphatic hydroxyl groups excluding tert-OH is 1. The Hall–Kier alpha value is -1.16. The Bertz CT molecular complexity index is 402. The van der Waals surface area contributed by atoms with Gasteiger partial charge in [-0.2, -0.15) is 0 Å². The quantitative estimate of drug-likeness (QED) is 0.383. The highest BCUT2D eigenvalue weighted by Gasteiger charge is 2.33. The third kappa shape index (κ3) is 8.62. The number of hydrogen-bond acceptors (Lipinski definition) is 3. The zero-order valence-electron chi connectivity index (χ0n) is 15.1. The van der Waals surface area contributed by atoms with Crippen molar-refractivity contribution in [1.29, 1.82) is 0 Å². The molecule has 0 aliphatic heterocycles. The van der Waals surface area contributed by atoms with Crippen LogP contribution < -0.4 is 0 Å². The standard InChI is InChI=1S/C20H34O4/c1-2-3-6-9-17(21)14-12-16-13-15-19(22)18(16)10-7-4-5-8-11-20(23)24/h8,11,16-18,21H,2-7,9-10,12-15H2,1H3,(H,23,24)/t16-,17?,18+/m0/s1. The average molecular weight is 338 g/mol. The lowest BCUT2D eigenvalue weighted by Gasteiger charge is -2.20. The summed E-state index contributed by atoms with van der Waals surface area (Å²) in [6.45, 7) is 2.17. The van der Waals surface area contributed by atoms with Gasteiger partial charge in [0.25, 0.3) is 0 Å². The highest BCUT2D eigenvalue weighted by Crippen LogP contribution is 2.36. The third-order valence-electron chi connectivity index (χ3n) is 5.15. The van der Waals surface area contributed by atoms with Gasteiger partial charge >= 0.3 is 5.97 Å². The van der Waals surface area contributed by atoms with Gasteiger partial charge < -0.3 is 10.2 Å². The largest absolute Gasteiger partial charge is 0.478 e. The van der Waals surface area contributed by atoms with E-state index in [1.807, 2.05) is 0 Å². The highest BCUT2D eigenvalue weighted by molar-refractivity contribution is 5.83. The van der Waals surface area contributed by atoms with E-state index in [9.17, 15) is 14.7 Å². The maximum absolute atomic E-state index is 12.1. The number of aliphatic hydroxyl groups is 1. The van der Waals surface area contributed by atoms with Crippen LogP contribution in [0.15, 0.2) is 12.2 Å². The van der Waals surface area contributed by atoms with Crippen LogP contribution in [0.2, 0.25) is 0 Å². The SMILES string of the molecule is CCCCCC(O)CC[C@H]1CCC(=O)[C@@H]1CCCCC=CC(=O)O. The smallest absolute Gasteiger partial charge is 0.327 e. The second kappa shape index (κ2) is 12.2. The van der Waals surface area contributed by atoms with E-state index in [1.165, 1.54) is 18.9 Å². The summed E-state index contributed by atoms with van der Waals surface area (Å²) >= 11 is 0. The molecule has 0 aromatic rings. The van der Waals surface area contributed by atoms with Gasteiger partial charge in [-0.25, -0.2) is 4.79 Å². The van der Waals surface area contributed by atoms with Crippen LogP contribution >= 0.6 is 0 Å². The second-order valence-corrected chi connectivity index (χ2v) is 7.12. The van der Waals surface area contributed by atoms with Crippen LogP contribution in [0, 0.1) is 11.8 Å². The number of Topliss-reactive ketones (excluding diaryl/α,β-unsaturated/α-hetero) is 1. The number of ketones is 1. The average Bonchev–Trinajstić information content (AvgIpc) is 2.89. The van der Waals surface area contributed by atoms with Gasteiger partial charge in [0.2, 0.25) is 0 Å². The van der Waals surface area contributed by atoms with Gasteiger partial charge in [0.1, 0.15) is 5.78 Å². The summed E-state index contributed by atoms with van der Waals surface area (Å²) in [7, 11) is 0. The molecule has 2 N–H and O–H groups in total. The molecule has 4 nitrogen and oxygen atoms in total. The number of unbranched alkanes of at least 4 members (excludes halogenated alkanes) is 4. The summed E-state index contributed by atoms with van der Waals surface area (Å²) in [5.41, 5.74) is 0. The van der Waals surface area contributed by atoms with Crippen molar-refractivity contribution in [2.24, 2.45) is 11.8 Å². The predicted octanol–water partition coefficient (Wildman–Crippen LogP) is 4.50. The number of carbonyl (C=O) groups is 2. The molecule has 24 heavy (non-hydrogen) atoms. The summed E-state index contributed by atoms with van der Waals surface area (Å²) in [5.74, 6) is 0.0873. The number of hydrogen-bond donors (Lipinski definition) is 2. The van der Waals surface area contributed by atoms with E-state index in [1.54, 1.807) is 6.08 Å². The Kier molecular flexibility index (Phi) is 10.6. The van der Waals surface area contributed by atoms with Crippen LogP contribution in [0.4, 0.5) is 0 Å². The summed E-state index contributed by atoms with van der Waals surface area (Å²) in [5, 5.41) is 18.6. The minimum absolute atomic E-state index is 0.163. The lowest BCUT2D eigenvalue weighted by molar-refractivity contribution is -0.131. The lowest BCUT2D eigenvalue weighted by atomic mass is 9.86. The number of aliphatic carboxylic acids is 1. The summed E-state index contributed by atoms with van der Waals surface area (Å²) in [6, 6.07) is 0. The van der Waals surface area contributed by atoms with E-state index in [2.05, 4.69) is 6.92 Å². The molecule has 3 atom stereocenters. The monoisotopic (exact) mass is 338 g/mol. The van der Waals surface area contributed by atoms with E-state index >= 15 is 0 Å². The molecule has 0 spiro atoms. The predicted molar refractivity (Wildman–Crippen MR) is 95.8 cm³/mol. The molecule has 0 radical (unpaired) electrons. The fourth-order valence-corrected chi connectivity index (χ4v) is 3.71. The summed E-state index contributed by atoms with van der Waals surface area (Å²) in [4.78, 5) is 22.5. The first-order valence-corrected chi connectivity index (χ1v) is 9.64. The maximum atomic E-state index is 12.1. The topological polar surface area (TPSA) is 74.6 Å². The van der Waals surface area contributed by atoms with Crippen LogP contribution in [0.1, 0.15) is 84.0 Å². The van der Waals surface area contributed by atoms with Crippen LogP contribution in [-0.2, 0) is 9.59 Å². The van der Waals surface area contributed by atoms with Crippen molar-refractivity contribution in [2.75, 3.05) is 0 Å². The van der Waals surface area contributed by atoms with E-state index in [0.717, 1.165) is 57.8 Å². The molecule has 1 rings (SSSR count). The Morgan fingerprint density at radius 2 is 2.00 bits per heavy atom. The van der Waals surface area contributed by atoms with E-state index in [4.69, 9.17) is 5.11 Å². The summed E-state index contributed by atoms with van der Waals surface area (Å²) in [6.07, 6.45) is 14.0. The molecule has 1 aliphatic carbocycles. The van der Waals surface area contributed by atoms with Crippen molar-refractivity contribution in [1.82, 2.24) is 0 Å². The lowest BCUT2D eigenvalue weighted by Crippen LogP contribution is -2.17. The fraction of sp³-hybridized carbons (Fsp3) is 0.800. The Morgan fingerprint density at radius 1 is 1.21 bits per heavy atom. The molecule has 1 unspecified atom stereocenters. The molecule has 1 aliphatic rings. The van der Waals surface area contributed by atoms with Gasteiger partial charge in [0.05, 0.1) is 6.10 Å². The third-order valence-corrected chi connectivity index (χ3v) is 5.15. The maximum Gasteiger partial charge on any atom is 0.327 e. The molecule has 4 heteroatoms. The van der Waals surface area contributed by atoms with Gasteiger partial charge in [-0.05, 0) is 50.9 Å². The molecule has 0 aromatic heterocycles. The van der Waals surface area contributed by atoms with Gasteiger partial charge in [-0.3, -0.25) is 4.79 Å². The first-order chi connectivity index (χ1) is 11.5. The van der Waals surface area contributed by atoms with Crippen molar-refractivity contribution in [3.63, 3.8) is 0 Å². The van der Waals surface area contributed by atoms with Crippen LogP contribution in [0.3, 0.4) is 0 Å². The molecule has 0 bridgehead atoms. The van der Waals surface area contributed by atoms with Gasteiger partial charge in [-0.1, -0.05) is 38.7 Å². The normalized spacial score (nSPS) is 22.3. The van der Waals surface area contributed by atoms with Crippen molar-refractivity contribution in [3.05, 3.63) is 12.2 Å². The number of carboxylic acids is 1. The second-order valence-electron chi connectivity index (χ2n) is 7.12. The van der Waals surface area contributed by atoms with E-state index in [0.29, 0.717) is 18.1 Å². The van der Waals surface area contributed by atoms with E-state index < -0.39 is 5.97 Å². The molecule has 0 aromatic carbocycles.